The highest BCUT2D eigenvalue weighted by atomic mass is 16.5. The second-order valence-electron chi connectivity index (χ2n) is 8.07. The smallest absolute Gasteiger partial charge is 0.263 e. The zero-order valence-corrected chi connectivity index (χ0v) is 17.7. The lowest BCUT2D eigenvalue weighted by Crippen LogP contribution is -2.39. The first-order chi connectivity index (χ1) is 15.1. The summed E-state index contributed by atoms with van der Waals surface area (Å²) in [5.74, 6) is 1.50. The van der Waals surface area contributed by atoms with Gasteiger partial charge in [0, 0.05) is 25.9 Å². The average molecular weight is 415 g/mol. The molecule has 1 N–H and O–H groups in total. The third-order valence-corrected chi connectivity index (χ3v) is 5.95. The molecule has 0 amide bonds. The van der Waals surface area contributed by atoms with Gasteiger partial charge in [0.15, 0.2) is 5.65 Å². The van der Waals surface area contributed by atoms with Crippen LogP contribution in [0, 0.1) is 13.8 Å². The van der Waals surface area contributed by atoms with E-state index >= 15 is 0 Å². The molecule has 0 bridgehead atoms. The van der Waals surface area contributed by atoms with E-state index in [0.29, 0.717) is 17.0 Å². The number of nitrogens with one attached hydrogen (secondary N) is 1. The van der Waals surface area contributed by atoms with Gasteiger partial charge in [-0.2, -0.15) is 10.1 Å². The maximum atomic E-state index is 12.7. The Hall–Kier alpha value is -3.61. The summed E-state index contributed by atoms with van der Waals surface area (Å²) in [5.41, 5.74) is 3.78. The number of aromatic amines is 1. The SMILES string of the molecule is Cc1ccc(OC2CCN(c3nc4c(cnn4-c4ccccc4)c(=O)[nH]3)CC2)cc1C. The van der Waals surface area contributed by atoms with Gasteiger partial charge in [0.2, 0.25) is 5.95 Å². The molecule has 1 saturated heterocycles. The van der Waals surface area contributed by atoms with Crippen molar-refractivity contribution in [2.24, 2.45) is 0 Å². The van der Waals surface area contributed by atoms with E-state index in [9.17, 15) is 4.79 Å². The molecule has 2 aromatic carbocycles. The van der Waals surface area contributed by atoms with Crippen LogP contribution in [0.3, 0.4) is 0 Å². The van der Waals surface area contributed by atoms with Gasteiger partial charge in [-0.05, 0) is 49.2 Å². The van der Waals surface area contributed by atoms with Crippen molar-refractivity contribution in [3.05, 3.63) is 76.2 Å². The molecule has 31 heavy (non-hydrogen) atoms. The van der Waals surface area contributed by atoms with Crippen LogP contribution in [0.5, 0.6) is 5.75 Å². The van der Waals surface area contributed by atoms with Gasteiger partial charge in [-0.15, -0.1) is 0 Å². The fourth-order valence-corrected chi connectivity index (χ4v) is 3.98. The van der Waals surface area contributed by atoms with Gasteiger partial charge in [-0.3, -0.25) is 9.78 Å². The minimum Gasteiger partial charge on any atom is -0.490 e. The first kappa shape index (κ1) is 19.4. The summed E-state index contributed by atoms with van der Waals surface area (Å²) in [4.78, 5) is 22.5. The molecule has 158 valence electrons. The van der Waals surface area contributed by atoms with Crippen molar-refractivity contribution in [3.8, 4) is 11.4 Å². The van der Waals surface area contributed by atoms with Crippen molar-refractivity contribution >= 4 is 17.0 Å². The van der Waals surface area contributed by atoms with Gasteiger partial charge in [-0.1, -0.05) is 24.3 Å². The lowest BCUT2D eigenvalue weighted by molar-refractivity contribution is 0.170. The minimum absolute atomic E-state index is 0.156. The zero-order chi connectivity index (χ0) is 21.4. The fraction of sp³-hybridized carbons (Fsp3) is 0.292. The van der Waals surface area contributed by atoms with Gasteiger partial charge in [0.1, 0.15) is 17.2 Å². The van der Waals surface area contributed by atoms with Crippen LogP contribution in [0.15, 0.2) is 59.5 Å². The molecular formula is C24H25N5O2. The molecule has 7 heteroatoms. The molecule has 0 spiro atoms. The lowest BCUT2D eigenvalue weighted by atomic mass is 10.1. The molecule has 7 nitrogen and oxygen atoms in total. The van der Waals surface area contributed by atoms with Crippen molar-refractivity contribution in [1.29, 1.82) is 0 Å². The van der Waals surface area contributed by atoms with Crippen LogP contribution in [0.25, 0.3) is 16.7 Å². The molecule has 5 rings (SSSR count). The molecule has 2 aromatic heterocycles. The van der Waals surface area contributed by atoms with E-state index in [1.54, 1.807) is 10.9 Å². The highest BCUT2D eigenvalue weighted by Gasteiger charge is 2.23. The third-order valence-electron chi connectivity index (χ3n) is 5.95. The molecule has 0 unspecified atom stereocenters. The molecule has 1 aliphatic rings. The molecule has 0 atom stereocenters. The number of benzene rings is 2. The van der Waals surface area contributed by atoms with Crippen LogP contribution in [0.1, 0.15) is 24.0 Å². The number of nitrogens with zero attached hydrogens (tertiary/aromatic N) is 4. The molecule has 0 aliphatic carbocycles. The minimum atomic E-state index is -0.171. The van der Waals surface area contributed by atoms with Crippen LogP contribution in [0.4, 0.5) is 5.95 Å². The van der Waals surface area contributed by atoms with Crippen LogP contribution in [-0.2, 0) is 0 Å². The molecular weight excluding hydrogens is 390 g/mol. The van der Waals surface area contributed by atoms with E-state index in [0.717, 1.165) is 37.4 Å². The quantitative estimate of drug-likeness (QED) is 0.549. The average Bonchev–Trinajstić information content (AvgIpc) is 3.22. The Morgan fingerprint density at radius 1 is 1.03 bits per heavy atom. The summed E-state index contributed by atoms with van der Waals surface area (Å²) in [6, 6.07) is 16.0. The van der Waals surface area contributed by atoms with Crippen molar-refractivity contribution < 1.29 is 4.74 Å². The number of aromatic nitrogens is 4. The van der Waals surface area contributed by atoms with Gasteiger partial charge >= 0.3 is 0 Å². The summed E-state index contributed by atoms with van der Waals surface area (Å²) < 4.78 is 7.91. The summed E-state index contributed by atoms with van der Waals surface area (Å²) in [6.07, 6.45) is 3.46. The van der Waals surface area contributed by atoms with Crippen LogP contribution in [-0.4, -0.2) is 38.9 Å². The number of para-hydroxylation sites is 1. The third kappa shape index (κ3) is 3.79. The summed E-state index contributed by atoms with van der Waals surface area (Å²) in [6.45, 7) is 5.74. The molecule has 1 fully saturated rings. The molecule has 1 aliphatic heterocycles. The lowest BCUT2D eigenvalue weighted by Gasteiger charge is -2.32. The maximum Gasteiger partial charge on any atom is 0.263 e. The van der Waals surface area contributed by atoms with Gasteiger partial charge < -0.3 is 9.64 Å². The predicted molar refractivity (Wildman–Crippen MR) is 121 cm³/mol. The monoisotopic (exact) mass is 415 g/mol. The number of ether oxygens (including phenoxy) is 1. The molecule has 0 radical (unpaired) electrons. The standard InChI is InChI=1S/C24H25N5O2/c1-16-8-9-20(14-17(16)2)31-19-10-12-28(13-11-19)24-26-22-21(23(30)27-24)15-25-29(22)18-6-4-3-5-7-18/h3-9,14-15,19H,10-13H2,1-2H3,(H,26,27,30). The Kier molecular flexibility index (Phi) is 4.94. The number of anilines is 1. The van der Waals surface area contributed by atoms with E-state index in [1.165, 1.54) is 11.1 Å². The Labute approximate surface area is 180 Å². The first-order valence-electron chi connectivity index (χ1n) is 10.6. The highest BCUT2D eigenvalue weighted by molar-refractivity contribution is 5.76. The van der Waals surface area contributed by atoms with Crippen molar-refractivity contribution in [2.75, 3.05) is 18.0 Å². The zero-order valence-electron chi connectivity index (χ0n) is 17.7. The summed E-state index contributed by atoms with van der Waals surface area (Å²) in [5, 5.41) is 4.87. The number of H-pyrrole nitrogens is 1. The van der Waals surface area contributed by atoms with Crippen molar-refractivity contribution in [3.63, 3.8) is 0 Å². The predicted octanol–water partition coefficient (Wildman–Crippen LogP) is 3.77. The second kappa shape index (κ2) is 7.91. The first-order valence-corrected chi connectivity index (χ1v) is 10.6. The van der Waals surface area contributed by atoms with Gasteiger partial charge in [-0.25, -0.2) is 4.68 Å². The normalized spacial score (nSPS) is 14.8. The van der Waals surface area contributed by atoms with E-state index in [2.05, 4.69) is 41.0 Å². The van der Waals surface area contributed by atoms with E-state index in [1.807, 2.05) is 36.4 Å². The highest BCUT2D eigenvalue weighted by Crippen LogP contribution is 2.24. The topological polar surface area (TPSA) is 76.0 Å². The Morgan fingerprint density at radius 2 is 1.81 bits per heavy atom. The fourth-order valence-electron chi connectivity index (χ4n) is 3.98. The van der Waals surface area contributed by atoms with Gasteiger partial charge in [0.25, 0.3) is 5.56 Å². The molecule has 0 saturated carbocycles. The van der Waals surface area contributed by atoms with Crippen molar-refractivity contribution in [2.45, 2.75) is 32.8 Å². The number of hydrogen-bond acceptors (Lipinski definition) is 5. The molecule has 4 aromatic rings. The number of hydrogen-bond donors (Lipinski definition) is 1. The Morgan fingerprint density at radius 3 is 2.55 bits per heavy atom. The number of rotatable bonds is 4. The van der Waals surface area contributed by atoms with E-state index in [-0.39, 0.29) is 11.7 Å². The Balaban J connectivity index is 1.35. The molecule has 3 heterocycles. The maximum absolute atomic E-state index is 12.7. The van der Waals surface area contributed by atoms with Gasteiger partial charge in [0.05, 0.1) is 11.9 Å². The van der Waals surface area contributed by atoms with E-state index in [4.69, 9.17) is 9.72 Å². The number of aryl methyl sites for hydroxylation is 2. The largest absolute Gasteiger partial charge is 0.490 e. The van der Waals surface area contributed by atoms with Crippen LogP contribution in [0.2, 0.25) is 0 Å². The van der Waals surface area contributed by atoms with Crippen molar-refractivity contribution in [1.82, 2.24) is 19.7 Å². The Bertz CT molecular complexity index is 1270. The number of piperidine rings is 1. The van der Waals surface area contributed by atoms with Crippen LogP contribution < -0.4 is 15.2 Å². The summed E-state index contributed by atoms with van der Waals surface area (Å²) in [7, 11) is 0. The van der Waals surface area contributed by atoms with E-state index < -0.39 is 0 Å². The second-order valence-corrected chi connectivity index (χ2v) is 8.07. The summed E-state index contributed by atoms with van der Waals surface area (Å²) >= 11 is 0. The number of fused-ring (bicyclic) bond motifs is 1. The van der Waals surface area contributed by atoms with Crippen LogP contribution >= 0.6 is 0 Å².